The van der Waals surface area contributed by atoms with Crippen molar-refractivity contribution in [3.8, 4) is 28.7 Å². The van der Waals surface area contributed by atoms with Crippen LogP contribution in [0.15, 0.2) is 55.1 Å². The van der Waals surface area contributed by atoms with E-state index >= 15 is 0 Å². The number of nitrogens with zero attached hydrogens (tertiary/aromatic N) is 7. The molecule has 0 amide bonds. The van der Waals surface area contributed by atoms with Gasteiger partial charge in [-0.05, 0) is 65.6 Å². The summed E-state index contributed by atoms with van der Waals surface area (Å²) >= 11 is 0. The highest BCUT2D eigenvalue weighted by molar-refractivity contribution is 7.59. The topological polar surface area (TPSA) is 136 Å². The number of tetrazole rings is 1. The Morgan fingerprint density at radius 3 is 2.61 bits per heavy atom. The first kappa shape index (κ1) is 26.8. The molecule has 5 rings (SSSR count). The maximum atomic E-state index is 9.53. The summed E-state index contributed by atoms with van der Waals surface area (Å²) in [6.45, 7) is 3.16. The fourth-order valence-electron chi connectivity index (χ4n) is 3.83. The molecule has 1 saturated carbocycles. The van der Waals surface area contributed by atoms with Gasteiger partial charge in [0.15, 0.2) is 0 Å². The highest BCUT2D eigenvalue weighted by atomic mass is 32.1. The van der Waals surface area contributed by atoms with Gasteiger partial charge < -0.3 is 20.1 Å². The van der Waals surface area contributed by atoms with Crippen molar-refractivity contribution in [1.29, 1.82) is 5.26 Å². The maximum Gasteiger partial charge on any atom is 0.227 e. The largest absolute Gasteiger partial charge is 0.495 e. The number of rotatable bonds is 11. The quantitative estimate of drug-likeness (QED) is 0.295. The summed E-state index contributed by atoms with van der Waals surface area (Å²) < 4.78 is 13.2. The van der Waals surface area contributed by atoms with Crippen molar-refractivity contribution in [1.82, 2.24) is 35.5 Å². The number of aromatic nitrogens is 6. The fourth-order valence-corrected chi connectivity index (χ4v) is 3.83. The summed E-state index contributed by atoms with van der Waals surface area (Å²) in [5.74, 6) is 1.65. The minimum atomic E-state index is -0.250. The average molecular weight is 532 g/mol. The zero-order valence-corrected chi connectivity index (χ0v) is 22.1. The van der Waals surface area contributed by atoms with Crippen LogP contribution >= 0.6 is 13.5 Å². The Labute approximate surface area is 227 Å². The van der Waals surface area contributed by atoms with E-state index in [0.717, 1.165) is 34.7 Å². The van der Waals surface area contributed by atoms with Crippen LogP contribution in [0, 0.1) is 11.3 Å². The van der Waals surface area contributed by atoms with Crippen molar-refractivity contribution in [2.75, 3.05) is 12.4 Å². The normalized spacial score (nSPS) is 13.2. The van der Waals surface area contributed by atoms with Gasteiger partial charge in [0.25, 0.3) is 0 Å². The van der Waals surface area contributed by atoms with Gasteiger partial charge in [0, 0.05) is 30.5 Å². The monoisotopic (exact) mass is 531 g/mol. The number of ether oxygens (including phenoxy) is 2. The van der Waals surface area contributed by atoms with Crippen LogP contribution in [0.1, 0.15) is 30.9 Å². The SMILES string of the molecule is COc1cc(CNC2CC2)ccc1Nc1ncc(-c2ccc(C#N)c(O[C@@H](C)Cn3cnnn3)c2)cn1.S. The molecule has 11 nitrogen and oxygen atoms in total. The van der Waals surface area contributed by atoms with Crippen LogP contribution in [0.2, 0.25) is 0 Å². The van der Waals surface area contributed by atoms with Gasteiger partial charge in [0.05, 0.1) is 24.9 Å². The minimum absolute atomic E-state index is 0. The predicted octanol–water partition coefficient (Wildman–Crippen LogP) is 3.59. The number of hydrogen-bond donors (Lipinski definition) is 2. The second-order valence-electron chi connectivity index (χ2n) is 8.89. The molecule has 2 heterocycles. The third-order valence-corrected chi connectivity index (χ3v) is 5.94. The van der Waals surface area contributed by atoms with E-state index in [1.807, 2.05) is 31.2 Å². The van der Waals surface area contributed by atoms with Gasteiger partial charge in [0.1, 0.15) is 30.0 Å². The molecule has 196 valence electrons. The van der Waals surface area contributed by atoms with E-state index in [-0.39, 0.29) is 19.6 Å². The van der Waals surface area contributed by atoms with Gasteiger partial charge in [0.2, 0.25) is 5.95 Å². The van der Waals surface area contributed by atoms with Gasteiger partial charge in [-0.3, -0.25) is 0 Å². The Balaban J connectivity index is 0.00000336. The van der Waals surface area contributed by atoms with Gasteiger partial charge in [-0.15, -0.1) is 5.10 Å². The van der Waals surface area contributed by atoms with Crippen molar-refractivity contribution in [3.63, 3.8) is 0 Å². The van der Waals surface area contributed by atoms with Crippen molar-refractivity contribution in [3.05, 3.63) is 66.2 Å². The molecule has 2 aromatic carbocycles. The van der Waals surface area contributed by atoms with E-state index in [1.165, 1.54) is 19.2 Å². The third-order valence-electron chi connectivity index (χ3n) is 5.94. The van der Waals surface area contributed by atoms with Crippen LogP contribution in [0.25, 0.3) is 11.1 Å². The molecule has 1 aliphatic carbocycles. The van der Waals surface area contributed by atoms with Crippen LogP contribution in [0.5, 0.6) is 11.5 Å². The third kappa shape index (κ3) is 6.76. The first-order chi connectivity index (χ1) is 18.1. The van der Waals surface area contributed by atoms with E-state index in [2.05, 4.69) is 48.3 Å². The lowest BCUT2D eigenvalue weighted by Crippen LogP contribution is -2.20. The lowest BCUT2D eigenvalue weighted by atomic mass is 10.1. The smallest absolute Gasteiger partial charge is 0.227 e. The highest BCUT2D eigenvalue weighted by Crippen LogP contribution is 2.30. The van der Waals surface area contributed by atoms with Crippen molar-refractivity contribution in [2.45, 2.75) is 45.0 Å². The molecule has 0 unspecified atom stereocenters. The zero-order valence-electron chi connectivity index (χ0n) is 21.1. The summed E-state index contributed by atoms with van der Waals surface area (Å²) in [4.78, 5) is 8.96. The van der Waals surface area contributed by atoms with Gasteiger partial charge in [-0.25, -0.2) is 14.6 Å². The van der Waals surface area contributed by atoms with Gasteiger partial charge in [-0.2, -0.15) is 18.8 Å². The first-order valence-corrected chi connectivity index (χ1v) is 12.0. The molecule has 0 saturated heterocycles. The number of benzene rings is 2. The summed E-state index contributed by atoms with van der Waals surface area (Å²) in [5, 5.41) is 27.4. The van der Waals surface area contributed by atoms with Gasteiger partial charge >= 0.3 is 0 Å². The van der Waals surface area contributed by atoms with E-state index in [0.29, 0.717) is 29.8 Å². The van der Waals surface area contributed by atoms with Gasteiger partial charge in [-0.1, -0.05) is 12.1 Å². The molecule has 0 spiro atoms. The summed E-state index contributed by atoms with van der Waals surface area (Å²) in [6.07, 6.45) is 7.23. The maximum absolute atomic E-state index is 9.53. The number of methoxy groups -OCH3 is 1. The Hall–Kier alpha value is -4.21. The summed E-state index contributed by atoms with van der Waals surface area (Å²) in [6, 6.07) is 14.3. The van der Waals surface area contributed by atoms with Crippen LogP contribution < -0.4 is 20.1 Å². The predicted molar refractivity (Wildman–Crippen MR) is 147 cm³/mol. The molecular weight excluding hydrogens is 502 g/mol. The summed E-state index contributed by atoms with van der Waals surface area (Å²) in [5.41, 5.74) is 4.02. The number of nitriles is 1. The second kappa shape index (κ2) is 12.4. The molecule has 12 heteroatoms. The molecule has 1 fully saturated rings. The molecule has 0 aliphatic heterocycles. The molecule has 2 aromatic heterocycles. The van der Waals surface area contributed by atoms with Crippen LogP contribution in [-0.2, 0) is 13.1 Å². The first-order valence-electron chi connectivity index (χ1n) is 12.0. The van der Waals surface area contributed by atoms with E-state index in [4.69, 9.17) is 9.47 Å². The number of hydrogen-bond acceptors (Lipinski definition) is 10. The van der Waals surface area contributed by atoms with Crippen molar-refractivity contribution >= 4 is 25.1 Å². The average Bonchev–Trinajstić information content (AvgIpc) is 3.62. The molecular formula is C26H29N9O2S. The zero-order chi connectivity index (χ0) is 25.6. The lowest BCUT2D eigenvalue weighted by Gasteiger charge is -2.16. The van der Waals surface area contributed by atoms with Crippen LogP contribution in [0.4, 0.5) is 11.6 Å². The molecule has 2 N–H and O–H groups in total. The molecule has 4 aromatic rings. The second-order valence-corrected chi connectivity index (χ2v) is 8.89. The van der Waals surface area contributed by atoms with E-state index < -0.39 is 0 Å². The molecule has 0 radical (unpaired) electrons. The molecule has 1 aliphatic rings. The Bertz CT molecular complexity index is 1390. The van der Waals surface area contributed by atoms with Crippen LogP contribution in [0.3, 0.4) is 0 Å². The van der Waals surface area contributed by atoms with Crippen LogP contribution in [-0.4, -0.2) is 49.4 Å². The standard InChI is InChI=1S/C26H27N9O2.H2S/c1-17(15-35-16-31-33-34-35)37-24-10-19(4-5-20(24)11-27)21-13-29-26(30-14-21)32-23-8-3-18(9-25(23)36-2)12-28-22-6-7-22;/h3-5,8-10,13-14,16-17,22,28H,6-7,12,15H2,1-2H3,(H,29,30,32);1H2/t17-;/m0./s1. The Morgan fingerprint density at radius 2 is 1.92 bits per heavy atom. The van der Waals surface area contributed by atoms with E-state index in [9.17, 15) is 5.26 Å². The Kier molecular flexibility index (Phi) is 8.73. The van der Waals surface area contributed by atoms with E-state index in [1.54, 1.807) is 30.3 Å². The van der Waals surface area contributed by atoms with Crippen molar-refractivity contribution < 1.29 is 9.47 Å². The fraction of sp³-hybridized carbons (Fsp3) is 0.308. The molecule has 38 heavy (non-hydrogen) atoms. The Morgan fingerprint density at radius 1 is 1.11 bits per heavy atom. The minimum Gasteiger partial charge on any atom is -0.495 e. The molecule has 1 atom stereocenters. The van der Waals surface area contributed by atoms with Crippen molar-refractivity contribution in [2.24, 2.45) is 0 Å². The summed E-state index contributed by atoms with van der Waals surface area (Å²) in [7, 11) is 1.65. The molecule has 0 bridgehead atoms. The lowest BCUT2D eigenvalue weighted by molar-refractivity contribution is 0.192. The number of anilines is 2. The highest BCUT2D eigenvalue weighted by Gasteiger charge is 2.20. The number of nitrogens with one attached hydrogen (secondary N) is 2.